The van der Waals surface area contributed by atoms with Crippen molar-refractivity contribution in [3.63, 3.8) is 0 Å². The first kappa shape index (κ1) is 7.57. The summed E-state index contributed by atoms with van der Waals surface area (Å²) in [4.78, 5) is 0. The fourth-order valence-corrected chi connectivity index (χ4v) is 2.96. The molecular weight excluding hydrogens is 160 g/mol. The van der Waals surface area contributed by atoms with Crippen LogP contribution in [0.4, 0.5) is 0 Å². The van der Waals surface area contributed by atoms with Gasteiger partial charge in [0.25, 0.3) is 0 Å². The number of aryl methyl sites for hydroxylation is 2. The van der Waals surface area contributed by atoms with E-state index < -0.39 is 5.60 Å². The summed E-state index contributed by atoms with van der Waals surface area (Å²) in [6.45, 7) is 0. The monoisotopic (exact) mass is 174 g/mol. The van der Waals surface area contributed by atoms with Crippen molar-refractivity contribution in [2.45, 2.75) is 37.7 Å². The summed E-state index contributed by atoms with van der Waals surface area (Å²) in [5.41, 5.74) is 3.61. The molecule has 1 N–H and O–H groups in total. The van der Waals surface area contributed by atoms with Crippen LogP contribution in [-0.4, -0.2) is 5.11 Å². The third kappa shape index (κ3) is 0.910. The van der Waals surface area contributed by atoms with Crippen molar-refractivity contribution in [2.75, 3.05) is 0 Å². The third-order valence-corrected chi connectivity index (χ3v) is 3.55. The standard InChI is InChI=1S/C12H14O/c13-12-7-2-5-9-3-1-4-10(6-8-12)11(9)12/h1,3-4,13H,2,5-8H2. The third-order valence-electron chi connectivity index (χ3n) is 3.55. The first-order chi connectivity index (χ1) is 6.30. The fourth-order valence-electron chi connectivity index (χ4n) is 2.96. The SMILES string of the molecule is OC12CCCc3cccc(c31)CC2. The second kappa shape index (κ2) is 2.36. The molecule has 1 aromatic carbocycles. The van der Waals surface area contributed by atoms with Crippen LogP contribution in [0.1, 0.15) is 36.0 Å². The van der Waals surface area contributed by atoms with E-state index in [1.807, 2.05) is 0 Å². The number of rotatable bonds is 0. The zero-order valence-electron chi connectivity index (χ0n) is 7.71. The molecule has 1 heteroatoms. The van der Waals surface area contributed by atoms with Crippen LogP contribution in [0.2, 0.25) is 0 Å². The lowest BCUT2D eigenvalue weighted by molar-refractivity contribution is 0.0212. The number of benzene rings is 1. The Labute approximate surface area is 78.4 Å². The van der Waals surface area contributed by atoms with Crippen LogP contribution in [0.3, 0.4) is 0 Å². The average molecular weight is 174 g/mol. The van der Waals surface area contributed by atoms with Gasteiger partial charge in [-0.3, -0.25) is 0 Å². The highest BCUT2D eigenvalue weighted by atomic mass is 16.3. The predicted octanol–water partition coefficient (Wildman–Crippen LogP) is 2.16. The van der Waals surface area contributed by atoms with E-state index in [1.165, 1.54) is 16.7 Å². The molecule has 0 radical (unpaired) electrons. The molecule has 0 spiro atoms. The van der Waals surface area contributed by atoms with E-state index in [4.69, 9.17) is 0 Å². The molecule has 0 fully saturated rings. The van der Waals surface area contributed by atoms with Crippen LogP contribution in [0.5, 0.6) is 0 Å². The van der Waals surface area contributed by atoms with E-state index in [2.05, 4.69) is 18.2 Å². The lowest BCUT2D eigenvalue weighted by Crippen LogP contribution is -2.27. The molecule has 1 atom stereocenters. The predicted molar refractivity (Wildman–Crippen MR) is 51.6 cm³/mol. The van der Waals surface area contributed by atoms with Crippen molar-refractivity contribution in [1.29, 1.82) is 0 Å². The van der Waals surface area contributed by atoms with E-state index in [1.54, 1.807) is 0 Å². The Bertz CT molecular complexity index is 356. The summed E-state index contributed by atoms with van der Waals surface area (Å²) in [7, 11) is 0. The fraction of sp³-hybridized carbons (Fsp3) is 0.500. The molecule has 1 unspecified atom stereocenters. The first-order valence-electron chi connectivity index (χ1n) is 5.13. The summed E-state index contributed by atoms with van der Waals surface area (Å²) < 4.78 is 0. The summed E-state index contributed by atoms with van der Waals surface area (Å²) in [6, 6.07) is 6.47. The lowest BCUT2D eigenvalue weighted by Gasteiger charge is -2.30. The van der Waals surface area contributed by atoms with Crippen LogP contribution < -0.4 is 0 Å². The summed E-state index contributed by atoms with van der Waals surface area (Å²) in [5.74, 6) is 0. The van der Waals surface area contributed by atoms with E-state index in [0.29, 0.717) is 0 Å². The summed E-state index contributed by atoms with van der Waals surface area (Å²) in [6.07, 6.45) is 5.29. The normalized spacial score (nSPS) is 30.2. The zero-order valence-corrected chi connectivity index (χ0v) is 7.71. The summed E-state index contributed by atoms with van der Waals surface area (Å²) >= 11 is 0. The molecule has 0 saturated carbocycles. The molecule has 1 nitrogen and oxygen atoms in total. The second-order valence-electron chi connectivity index (χ2n) is 4.34. The quantitative estimate of drug-likeness (QED) is 0.639. The minimum Gasteiger partial charge on any atom is -0.385 e. The van der Waals surface area contributed by atoms with Crippen LogP contribution >= 0.6 is 0 Å². The Hall–Kier alpha value is -0.820. The van der Waals surface area contributed by atoms with Gasteiger partial charge in [-0.05, 0) is 48.8 Å². The van der Waals surface area contributed by atoms with Crippen molar-refractivity contribution in [1.82, 2.24) is 0 Å². The van der Waals surface area contributed by atoms with Gasteiger partial charge in [-0.2, -0.15) is 0 Å². The maximum absolute atomic E-state index is 10.4. The van der Waals surface area contributed by atoms with Crippen LogP contribution in [0, 0.1) is 0 Å². The Morgan fingerprint density at radius 2 is 1.85 bits per heavy atom. The molecule has 68 valence electrons. The zero-order chi connectivity index (χ0) is 8.89. The molecule has 0 aromatic heterocycles. The smallest absolute Gasteiger partial charge is 0.0905 e. The Balaban J connectivity index is 2.28. The molecule has 0 heterocycles. The first-order valence-corrected chi connectivity index (χ1v) is 5.13. The van der Waals surface area contributed by atoms with Gasteiger partial charge >= 0.3 is 0 Å². The van der Waals surface area contributed by atoms with Gasteiger partial charge in [-0.15, -0.1) is 0 Å². The molecule has 0 aliphatic heterocycles. The molecule has 0 saturated heterocycles. The molecule has 2 aliphatic carbocycles. The topological polar surface area (TPSA) is 20.2 Å². The van der Waals surface area contributed by atoms with Gasteiger partial charge in [0.15, 0.2) is 0 Å². The average Bonchev–Trinajstić information content (AvgIpc) is 2.47. The van der Waals surface area contributed by atoms with Gasteiger partial charge in [0.2, 0.25) is 0 Å². The molecule has 13 heavy (non-hydrogen) atoms. The van der Waals surface area contributed by atoms with Gasteiger partial charge in [0.1, 0.15) is 0 Å². The minimum atomic E-state index is -0.454. The van der Waals surface area contributed by atoms with Gasteiger partial charge in [-0.25, -0.2) is 0 Å². The maximum Gasteiger partial charge on any atom is 0.0905 e. The Morgan fingerprint density at radius 3 is 2.69 bits per heavy atom. The highest BCUT2D eigenvalue weighted by molar-refractivity contribution is 5.45. The maximum atomic E-state index is 10.4. The van der Waals surface area contributed by atoms with Crippen molar-refractivity contribution in [3.8, 4) is 0 Å². The van der Waals surface area contributed by atoms with E-state index >= 15 is 0 Å². The minimum absolute atomic E-state index is 0.454. The van der Waals surface area contributed by atoms with E-state index in [-0.39, 0.29) is 0 Å². The molecule has 3 rings (SSSR count). The number of hydrogen-bond donors (Lipinski definition) is 1. The molecule has 2 aliphatic rings. The van der Waals surface area contributed by atoms with E-state index in [0.717, 1.165) is 32.1 Å². The van der Waals surface area contributed by atoms with Crippen molar-refractivity contribution < 1.29 is 5.11 Å². The van der Waals surface area contributed by atoms with Crippen molar-refractivity contribution in [2.24, 2.45) is 0 Å². The highest BCUT2D eigenvalue weighted by Gasteiger charge is 2.39. The van der Waals surface area contributed by atoms with Crippen molar-refractivity contribution in [3.05, 3.63) is 34.9 Å². The van der Waals surface area contributed by atoms with Crippen LogP contribution in [0.25, 0.3) is 0 Å². The van der Waals surface area contributed by atoms with Gasteiger partial charge < -0.3 is 5.11 Å². The van der Waals surface area contributed by atoms with E-state index in [9.17, 15) is 5.11 Å². The highest BCUT2D eigenvalue weighted by Crippen LogP contribution is 2.45. The van der Waals surface area contributed by atoms with Gasteiger partial charge in [0, 0.05) is 0 Å². The van der Waals surface area contributed by atoms with Crippen LogP contribution in [-0.2, 0) is 18.4 Å². The Morgan fingerprint density at radius 1 is 1.08 bits per heavy atom. The molecule has 1 aromatic rings. The molecule has 0 bridgehead atoms. The number of hydrogen-bond acceptors (Lipinski definition) is 1. The molecular formula is C12H14O. The lowest BCUT2D eigenvalue weighted by atomic mass is 9.80. The van der Waals surface area contributed by atoms with Gasteiger partial charge in [0.05, 0.1) is 5.60 Å². The molecule has 0 amide bonds. The summed E-state index contributed by atoms with van der Waals surface area (Å²) in [5, 5.41) is 10.4. The Kier molecular flexibility index (Phi) is 1.37. The van der Waals surface area contributed by atoms with Crippen LogP contribution in [0.15, 0.2) is 18.2 Å². The van der Waals surface area contributed by atoms with Gasteiger partial charge in [-0.1, -0.05) is 18.2 Å². The largest absolute Gasteiger partial charge is 0.385 e. The van der Waals surface area contributed by atoms with Crippen molar-refractivity contribution >= 4 is 0 Å². The second-order valence-corrected chi connectivity index (χ2v) is 4.34. The number of aliphatic hydroxyl groups is 1.